The second kappa shape index (κ2) is 7.56. The Kier molecular flexibility index (Phi) is 5.24. The van der Waals surface area contributed by atoms with E-state index in [9.17, 15) is 12.8 Å². The number of fused-ring (bicyclic) bond motifs is 1. The Balaban J connectivity index is 1.64. The number of nitrogens with zero attached hydrogens (tertiary/aromatic N) is 3. The fraction of sp³-hybridized carbons (Fsp3) is 0.368. The van der Waals surface area contributed by atoms with Gasteiger partial charge in [-0.2, -0.15) is 0 Å². The normalized spacial score (nSPS) is 23.3. The van der Waals surface area contributed by atoms with E-state index < -0.39 is 21.9 Å². The highest BCUT2D eigenvalue weighted by Crippen LogP contribution is 2.34. The predicted octanol–water partition coefficient (Wildman–Crippen LogP) is 3.10. The lowest BCUT2D eigenvalue weighted by Crippen LogP contribution is -2.45. The summed E-state index contributed by atoms with van der Waals surface area (Å²) in [5.41, 5.74) is 8.79. The Morgan fingerprint density at radius 3 is 2.90 bits per heavy atom. The van der Waals surface area contributed by atoms with Gasteiger partial charge in [0.15, 0.2) is 0 Å². The van der Waals surface area contributed by atoms with Crippen LogP contribution < -0.4 is 11.1 Å². The minimum atomic E-state index is -3.63. The summed E-state index contributed by atoms with van der Waals surface area (Å²) < 4.78 is 40.9. The van der Waals surface area contributed by atoms with Crippen molar-refractivity contribution in [3.63, 3.8) is 0 Å². The lowest BCUT2D eigenvalue weighted by molar-refractivity contribution is 0.525. The monoisotopic (exact) mass is 481 g/mol. The summed E-state index contributed by atoms with van der Waals surface area (Å²) in [6, 6.07) is 5.78. The van der Waals surface area contributed by atoms with Gasteiger partial charge >= 0.3 is 0 Å². The Bertz CT molecular complexity index is 1090. The molecule has 0 saturated carbocycles. The number of nitrogens with one attached hydrogen (secondary N) is 1. The molecule has 1 aliphatic carbocycles. The summed E-state index contributed by atoms with van der Waals surface area (Å²) >= 11 is 3.46. The van der Waals surface area contributed by atoms with Crippen molar-refractivity contribution in [1.29, 1.82) is 0 Å². The van der Waals surface area contributed by atoms with E-state index in [-0.39, 0.29) is 23.3 Å². The molecular formula is C19H21BrFN5O2S. The van der Waals surface area contributed by atoms with Crippen LogP contribution in [0.2, 0.25) is 0 Å². The number of rotatable bonds is 3. The van der Waals surface area contributed by atoms with E-state index in [4.69, 9.17) is 5.73 Å². The lowest BCUT2D eigenvalue weighted by Gasteiger charge is -2.28. The molecular weight excluding hydrogens is 461 g/mol. The third-order valence-electron chi connectivity index (χ3n) is 5.33. The smallest absolute Gasteiger partial charge is 0.239 e. The van der Waals surface area contributed by atoms with E-state index in [0.29, 0.717) is 5.69 Å². The third-order valence-corrected chi connectivity index (χ3v) is 7.52. The number of hydrogen-bond acceptors (Lipinski definition) is 6. The second-order valence-electron chi connectivity index (χ2n) is 7.27. The first-order valence-electron chi connectivity index (χ1n) is 9.25. The van der Waals surface area contributed by atoms with Crippen LogP contribution in [-0.4, -0.2) is 36.5 Å². The van der Waals surface area contributed by atoms with E-state index in [1.807, 2.05) is 0 Å². The molecule has 0 amide bonds. The first-order chi connectivity index (χ1) is 13.7. The molecule has 1 aliphatic heterocycles. The summed E-state index contributed by atoms with van der Waals surface area (Å²) in [7, 11) is -2.29. The number of guanidine groups is 1. The van der Waals surface area contributed by atoms with Crippen LogP contribution in [0.3, 0.4) is 0 Å². The van der Waals surface area contributed by atoms with Crippen LogP contribution in [0.15, 0.2) is 39.9 Å². The number of hydrogen-bond donors (Lipinski definition) is 2. The fourth-order valence-corrected chi connectivity index (χ4v) is 5.35. The highest BCUT2D eigenvalue weighted by Gasteiger charge is 2.33. The average molecular weight is 482 g/mol. The quantitative estimate of drug-likeness (QED) is 0.701. The molecule has 2 atom stereocenters. The average Bonchev–Trinajstić information content (AvgIpc) is 2.67. The zero-order valence-corrected chi connectivity index (χ0v) is 18.2. The first-order valence-corrected chi connectivity index (χ1v) is 11.6. The summed E-state index contributed by atoms with van der Waals surface area (Å²) in [5, 5.41) is 3.42. The minimum Gasteiger partial charge on any atom is -0.377 e. The zero-order chi connectivity index (χ0) is 20.8. The molecule has 2 aliphatic rings. The topological polar surface area (TPSA) is 101 Å². The number of anilines is 1. The molecule has 7 nitrogen and oxygen atoms in total. The van der Waals surface area contributed by atoms with Crippen molar-refractivity contribution < 1.29 is 12.8 Å². The van der Waals surface area contributed by atoms with E-state index >= 15 is 0 Å². The van der Waals surface area contributed by atoms with Crippen molar-refractivity contribution in [1.82, 2.24) is 9.29 Å². The van der Waals surface area contributed by atoms with Gasteiger partial charge in [-0.3, -0.25) is 4.98 Å². The van der Waals surface area contributed by atoms with Gasteiger partial charge in [0.05, 0.1) is 23.5 Å². The van der Waals surface area contributed by atoms with Gasteiger partial charge < -0.3 is 11.1 Å². The number of aromatic nitrogens is 1. The Labute approximate surface area is 177 Å². The van der Waals surface area contributed by atoms with Crippen LogP contribution in [0, 0.1) is 5.82 Å². The standard InChI is InChI=1S/C19H21BrFN5O2S/c1-26-19(22)25-17(10-29(26,27)28)14-8-13(5-6-15(14)21)24-16-4-2-3-11-7-12(20)9-23-18(11)16/h5-9,16-17,24H,2-4,10H2,1H3,(H2,22,25). The van der Waals surface area contributed by atoms with Crippen molar-refractivity contribution in [3.8, 4) is 0 Å². The van der Waals surface area contributed by atoms with E-state index in [0.717, 1.165) is 33.7 Å². The van der Waals surface area contributed by atoms with Gasteiger partial charge in [0.2, 0.25) is 16.0 Å². The number of benzene rings is 1. The molecule has 0 fully saturated rings. The molecule has 4 rings (SSSR count). The van der Waals surface area contributed by atoms with Crippen molar-refractivity contribution >= 4 is 37.6 Å². The van der Waals surface area contributed by atoms with Gasteiger partial charge in [-0.25, -0.2) is 22.1 Å². The van der Waals surface area contributed by atoms with Crippen LogP contribution in [0.1, 0.15) is 41.7 Å². The molecule has 2 heterocycles. The molecule has 0 bridgehead atoms. The van der Waals surface area contributed by atoms with Crippen LogP contribution in [0.25, 0.3) is 0 Å². The molecule has 2 aromatic rings. The van der Waals surface area contributed by atoms with Gasteiger partial charge in [-0.05, 0) is 65.0 Å². The van der Waals surface area contributed by atoms with Crippen LogP contribution in [0.5, 0.6) is 0 Å². The van der Waals surface area contributed by atoms with E-state index in [1.54, 1.807) is 18.3 Å². The third kappa shape index (κ3) is 3.95. The van der Waals surface area contributed by atoms with Crippen molar-refractivity contribution in [2.75, 3.05) is 18.1 Å². The second-order valence-corrected chi connectivity index (χ2v) is 10.2. The maximum absolute atomic E-state index is 14.5. The van der Waals surface area contributed by atoms with Gasteiger partial charge in [0.25, 0.3) is 0 Å². The van der Waals surface area contributed by atoms with Gasteiger partial charge in [-0.15, -0.1) is 0 Å². The number of aliphatic imine (C=N–C) groups is 1. The summed E-state index contributed by atoms with van der Waals surface area (Å²) in [6.07, 6.45) is 4.67. The number of pyridine rings is 1. The molecule has 10 heteroatoms. The summed E-state index contributed by atoms with van der Waals surface area (Å²) in [4.78, 5) is 8.74. The molecule has 1 aromatic heterocycles. The number of nitrogens with two attached hydrogens (primary N) is 1. The molecule has 2 unspecified atom stereocenters. The molecule has 1 aromatic carbocycles. The van der Waals surface area contributed by atoms with E-state index in [1.165, 1.54) is 18.7 Å². The Hall–Kier alpha value is -2.20. The fourth-order valence-electron chi connectivity index (χ4n) is 3.76. The predicted molar refractivity (Wildman–Crippen MR) is 114 cm³/mol. The molecule has 0 radical (unpaired) electrons. The molecule has 3 N–H and O–H groups in total. The van der Waals surface area contributed by atoms with Gasteiger partial charge in [0.1, 0.15) is 5.82 Å². The van der Waals surface area contributed by atoms with E-state index in [2.05, 4.69) is 37.3 Å². The SMILES string of the molecule is CN1C(N)=NC(c2cc(NC3CCCc4cc(Br)cnc43)ccc2F)CS1(=O)=O. The Morgan fingerprint density at radius 2 is 2.14 bits per heavy atom. The largest absolute Gasteiger partial charge is 0.377 e. The number of halogens is 2. The molecule has 0 spiro atoms. The highest BCUT2D eigenvalue weighted by molar-refractivity contribution is 9.10. The maximum Gasteiger partial charge on any atom is 0.239 e. The maximum atomic E-state index is 14.5. The first kappa shape index (κ1) is 20.1. The van der Waals surface area contributed by atoms with Gasteiger partial charge in [-0.1, -0.05) is 0 Å². The minimum absolute atomic E-state index is 0.0000428. The Morgan fingerprint density at radius 1 is 1.34 bits per heavy atom. The van der Waals surface area contributed by atoms with Crippen LogP contribution in [0.4, 0.5) is 10.1 Å². The molecule has 154 valence electrons. The summed E-state index contributed by atoms with van der Waals surface area (Å²) in [6.45, 7) is 0. The number of sulfonamides is 1. The summed E-state index contributed by atoms with van der Waals surface area (Å²) in [5.74, 6) is -0.982. The molecule has 0 saturated heterocycles. The highest BCUT2D eigenvalue weighted by atomic mass is 79.9. The zero-order valence-electron chi connectivity index (χ0n) is 15.8. The number of aryl methyl sites for hydroxylation is 1. The van der Waals surface area contributed by atoms with Gasteiger partial charge in [0, 0.05) is 29.0 Å². The van der Waals surface area contributed by atoms with Crippen LogP contribution in [-0.2, 0) is 16.4 Å². The van der Waals surface area contributed by atoms with Crippen molar-refractivity contribution in [2.45, 2.75) is 31.3 Å². The van der Waals surface area contributed by atoms with Crippen molar-refractivity contribution in [2.24, 2.45) is 10.7 Å². The van der Waals surface area contributed by atoms with Crippen LogP contribution >= 0.6 is 15.9 Å². The lowest BCUT2D eigenvalue weighted by atomic mass is 9.91. The van der Waals surface area contributed by atoms with Crippen molar-refractivity contribution in [3.05, 3.63) is 57.6 Å². The molecule has 29 heavy (non-hydrogen) atoms.